The number of hydrogen-bond acceptors (Lipinski definition) is 3. The van der Waals surface area contributed by atoms with Crippen molar-refractivity contribution >= 4 is 11.9 Å². The van der Waals surface area contributed by atoms with E-state index in [1.165, 1.54) is 0 Å². The molecular weight excluding hydrogens is 246 g/mol. The predicted molar refractivity (Wildman–Crippen MR) is 69.4 cm³/mol. The molecule has 0 spiro atoms. The molecule has 1 aliphatic heterocycles. The van der Waals surface area contributed by atoms with E-state index in [2.05, 4.69) is 5.32 Å². The van der Waals surface area contributed by atoms with Gasteiger partial charge >= 0.3 is 5.97 Å². The molecule has 2 rings (SSSR count). The van der Waals surface area contributed by atoms with Crippen molar-refractivity contribution in [2.45, 2.75) is 32.2 Å². The predicted octanol–water partition coefficient (Wildman–Crippen LogP) is 1.60. The van der Waals surface area contributed by atoms with Gasteiger partial charge in [0.2, 0.25) is 0 Å². The summed E-state index contributed by atoms with van der Waals surface area (Å²) in [5.41, 5.74) is 1.47. The number of carboxylic acid groups (broad SMARTS) is 1. The summed E-state index contributed by atoms with van der Waals surface area (Å²) in [7, 11) is 0. The molecule has 1 aliphatic rings. The van der Waals surface area contributed by atoms with E-state index in [9.17, 15) is 9.59 Å². The number of aliphatic carboxylic acids is 1. The van der Waals surface area contributed by atoms with Crippen molar-refractivity contribution in [2.75, 3.05) is 6.61 Å². The molecule has 0 saturated heterocycles. The van der Waals surface area contributed by atoms with Gasteiger partial charge in [-0.05, 0) is 30.2 Å². The zero-order valence-corrected chi connectivity index (χ0v) is 10.8. The first-order valence-electron chi connectivity index (χ1n) is 6.41. The summed E-state index contributed by atoms with van der Waals surface area (Å²) in [6, 6.07) is 4.35. The Morgan fingerprint density at radius 1 is 1.47 bits per heavy atom. The minimum absolute atomic E-state index is 0.351. The average Bonchev–Trinajstić information content (AvgIpc) is 2.85. The first kappa shape index (κ1) is 13.4. The van der Waals surface area contributed by atoms with Crippen molar-refractivity contribution in [1.82, 2.24) is 5.32 Å². The van der Waals surface area contributed by atoms with E-state index >= 15 is 0 Å². The van der Waals surface area contributed by atoms with Crippen LogP contribution < -0.4 is 10.1 Å². The van der Waals surface area contributed by atoms with Crippen molar-refractivity contribution in [3.8, 4) is 5.75 Å². The van der Waals surface area contributed by atoms with Crippen LogP contribution in [0.25, 0.3) is 0 Å². The molecule has 5 heteroatoms. The van der Waals surface area contributed by atoms with E-state index in [-0.39, 0.29) is 5.91 Å². The lowest BCUT2D eigenvalue weighted by Crippen LogP contribution is -2.40. The molecule has 0 aliphatic carbocycles. The van der Waals surface area contributed by atoms with Crippen LogP contribution in [0.5, 0.6) is 5.75 Å². The molecule has 0 saturated carbocycles. The Bertz CT molecular complexity index is 498. The average molecular weight is 263 g/mol. The SMILES string of the molecule is CCC[C@@H](NC(=O)c1ccc2c(c1)CCO2)C(=O)O. The van der Waals surface area contributed by atoms with E-state index in [0.717, 1.165) is 17.7 Å². The van der Waals surface area contributed by atoms with Gasteiger partial charge < -0.3 is 15.2 Å². The fourth-order valence-corrected chi connectivity index (χ4v) is 2.12. The highest BCUT2D eigenvalue weighted by molar-refractivity contribution is 5.96. The van der Waals surface area contributed by atoms with Crippen molar-refractivity contribution in [3.63, 3.8) is 0 Å². The third-order valence-electron chi connectivity index (χ3n) is 3.13. The van der Waals surface area contributed by atoms with Gasteiger partial charge in [0.25, 0.3) is 5.91 Å². The number of carbonyl (C=O) groups excluding carboxylic acids is 1. The number of carboxylic acids is 1. The van der Waals surface area contributed by atoms with Gasteiger partial charge in [-0.3, -0.25) is 4.79 Å². The number of hydrogen-bond donors (Lipinski definition) is 2. The first-order chi connectivity index (χ1) is 9.11. The third-order valence-corrected chi connectivity index (χ3v) is 3.13. The summed E-state index contributed by atoms with van der Waals surface area (Å²) in [6.07, 6.45) is 1.91. The van der Waals surface area contributed by atoms with E-state index in [1.807, 2.05) is 6.92 Å². The Labute approximate surface area is 111 Å². The number of rotatable bonds is 5. The summed E-state index contributed by atoms with van der Waals surface area (Å²) in [5, 5.41) is 11.6. The van der Waals surface area contributed by atoms with Gasteiger partial charge in [0.15, 0.2) is 0 Å². The van der Waals surface area contributed by atoms with E-state index in [4.69, 9.17) is 9.84 Å². The molecule has 19 heavy (non-hydrogen) atoms. The first-order valence-corrected chi connectivity index (χ1v) is 6.41. The maximum absolute atomic E-state index is 12.0. The van der Waals surface area contributed by atoms with Gasteiger partial charge in [0.05, 0.1) is 6.61 Å². The molecule has 0 radical (unpaired) electrons. The zero-order chi connectivity index (χ0) is 13.8. The summed E-state index contributed by atoms with van der Waals surface area (Å²) in [5.74, 6) is -0.546. The zero-order valence-electron chi connectivity index (χ0n) is 10.8. The van der Waals surface area contributed by atoms with E-state index < -0.39 is 12.0 Å². The van der Waals surface area contributed by atoms with Crippen LogP contribution in [0.2, 0.25) is 0 Å². The molecule has 2 N–H and O–H groups in total. The smallest absolute Gasteiger partial charge is 0.326 e. The van der Waals surface area contributed by atoms with Crippen LogP contribution in [-0.2, 0) is 11.2 Å². The molecule has 1 amide bonds. The summed E-state index contributed by atoms with van der Waals surface area (Å²) >= 11 is 0. The van der Waals surface area contributed by atoms with Crippen LogP contribution in [0.1, 0.15) is 35.7 Å². The molecule has 0 bridgehead atoms. The summed E-state index contributed by atoms with van der Waals surface area (Å²) < 4.78 is 5.37. The second-order valence-corrected chi connectivity index (χ2v) is 4.57. The highest BCUT2D eigenvalue weighted by Gasteiger charge is 2.21. The van der Waals surface area contributed by atoms with Crippen LogP contribution in [0.4, 0.5) is 0 Å². The van der Waals surface area contributed by atoms with Gasteiger partial charge in [-0.1, -0.05) is 13.3 Å². The van der Waals surface area contributed by atoms with Crippen molar-refractivity contribution < 1.29 is 19.4 Å². The standard InChI is InChI=1S/C14H17NO4/c1-2-3-11(14(17)18)15-13(16)10-4-5-12-9(8-10)6-7-19-12/h4-5,8,11H,2-3,6-7H2,1H3,(H,15,16)(H,17,18)/t11-/m1/s1. The minimum Gasteiger partial charge on any atom is -0.493 e. The van der Waals surface area contributed by atoms with Gasteiger partial charge in [-0.15, -0.1) is 0 Å². The Balaban J connectivity index is 2.09. The molecule has 1 aromatic carbocycles. The second kappa shape index (κ2) is 5.73. The highest BCUT2D eigenvalue weighted by Crippen LogP contribution is 2.25. The molecule has 1 heterocycles. The van der Waals surface area contributed by atoms with Crippen molar-refractivity contribution in [3.05, 3.63) is 29.3 Å². The lowest BCUT2D eigenvalue weighted by molar-refractivity contribution is -0.139. The van der Waals surface area contributed by atoms with Gasteiger partial charge in [-0.25, -0.2) is 4.79 Å². The highest BCUT2D eigenvalue weighted by atomic mass is 16.5. The molecule has 0 unspecified atom stereocenters. The molecule has 5 nitrogen and oxygen atoms in total. The van der Waals surface area contributed by atoms with Crippen LogP contribution in [0, 0.1) is 0 Å². The molecule has 0 fully saturated rings. The second-order valence-electron chi connectivity index (χ2n) is 4.57. The van der Waals surface area contributed by atoms with Gasteiger partial charge in [0.1, 0.15) is 11.8 Å². The number of ether oxygens (including phenoxy) is 1. The third kappa shape index (κ3) is 3.05. The van der Waals surface area contributed by atoms with E-state index in [1.54, 1.807) is 18.2 Å². The molecule has 0 aromatic heterocycles. The summed E-state index contributed by atoms with van der Waals surface area (Å²) in [4.78, 5) is 23.0. The number of amides is 1. The van der Waals surface area contributed by atoms with Crippen molar-refractivity contribution in [1.29, 1.82) is 0 Å². The lowest BCUT2D eigenvalue weighted by atomic mass is 10.1. The fraction of sp³-hybridized carbons (Fsp3) is 0.429. The maximum atomic E-state index is 12.0. The largest absolute Gasteiger partial charge is 0.493 e. The molecule has 102 valence electrons. The quantitative estimate of drug-likeness (QED) is 0.846. The maximum Gasteiger partial charge on any atom is 0.326 e. The lowest BCUT2D eigenvalue weighted by Gasteiger charge is -2.13. The number of nitrogens with one attached hydrogen (secondary N) is 1. The van der Waals surface area contributed by atoms with Crippen LogP contribution in [-0.4, -0.2) is 29.6 Å². The van der Waals surface area contributed by atoms with Crippen molar-refractivity contribution in [2.24, 2.45) is 0 Å². The van der Waals surface area contributed by atoms with Crippen LogP contribution in [0.3, 0.4) is 0 Å². The van der Waals surface area contributed by atoms with E-state index in [0.29, 0.717) is 25.0 Å². The molecular formula is C14H17NO4. The van der Waals surface area contributed by atoms with Crippen LogP contribution in [0.15, 0.2) is 18.2 Å². The van der Waals surface area contributed by atoms with Gasteiger partial charge in [0, 0.05) is 12.0 Å². The van der Waals surface area contributed by atoms with Crippen LogP contribution >= 0.6 is 0 Å². The summed E-state index contributed by atoms with van der Waals surface area (Å²) in [6.45, 7) is 2.52. The fourth-order valence-electron chi connectivity index (χ4n) is 2.12. The normalized spacial score (nSPS) is 14.4. The Hall–Kier alpha value is -2.04. The number of carbonyl (C=O) groups is 2. The number of benzene rings is 1. The van der Waals surface area contributed by atoms with Gasteiger partial charge in [-0.2, -0.15) is 0 Å². The minimum atomic E-state index is -1.00. The topological polar surface area (TPSA) is 75.6 Å². The Morgan fingerprint density at radius 3 is 2.95 bits per heavy atom. The number of fused-ring (bicyclic) bond motifs is 1. The monoisotopic (exact) mass is 263 g/mol. The molecule has 1 atom stereocenters. The Morgan fingerprint density at radius 2 is 2.26 bits per heavy atom. The Kier molecular flexibility index (Phi) is 4.04. The molecule has 1 aromatic rings.